The van der Waals surface area contributed by atoms with Crippen LogP contribution in [-0.2, 0) is 6.42 Å². The number of hydrogen-bond acceptors (Lipinski definition) is 2. The third kappa shape index (κ3) is 2.30. The normalized spacial score (nSPS) is 12.2. The topological polar surface area (TPSA) is 25.8 Å². The summed E-state index contributed by atoms with van der Waals surface area (Å²) in [5, 5.41) is 2.40. The van der Waals surface area contributed by atoms with Crippen molar-refractivity contribution in [1.82, 2.24) is 9.97 Å². The van der Waals surface area contributed by atoms with Crippen molar-refractivity contribution in [2.45, 2.75) is 27.2 Å². The van der Waals surface area contributed by atoms with Gasteiger partial charge in [-0.25, -0.2) is 0 Å². The number of rotatable bonds is 1. The molecule has 0 saturated carbocycles. The Morgan fingerprint density at radius 1 is 0.947 bits per heavy atom. The molecule has 0 radical (unpaired) electrons. The van der Waals surface area contributed by atoms with E-state index in [-0.39, 0.29) is 5.41 Å². The monoisotopic (exact) mass is 250 g/mol. The van der Waals surface area contributed by atoms with E-state index in [4.69, 9.17) is 0 Å². The fourth-order valence-electron chi connectivity index (χ4n) is 2.57. The molecule has 0 amide bonds. The summed E-state index contributed by atoms with van der Waals surface area (Å²) in [5.74, 6) is 0. The van der Waals surface area contributed by atoms with Gasteiger partial charge in [0.15, 0.2) is 0 Å². The van der Waals surface area contributed by atoms with Crippen molar-refractivity contribution in [3.8, 4) is 0 Å². The predicted molar refractivity (Wildman–Crippen MR) is 80.2 cm³/mol. The highest BCUT2D eigenvalue weighted by atomic mass is 14.7. The highest BCUT2D eigenvalue weighted by molar-refractivity contribution is 6.04. The molecule has 19 heavy (non-hydrogen) atoms. The Labute approximate surface area is 113 Å². The fourth-order valence-corrected chi connectivity index (χ4v) is 2.57. The molecule has 0 bridgehead atoms. The van der Waals surface area contributed by atoms with Gasteiger partial charge in [-0.1, -0.05) is 32.9 Å². The van der Waals surface area contributed by atoms with Gasteiger partial charge in [-0.05, 0) is 35.6 Å². The second kappa shape index (κ2) is 4.30. The number of aromatic nitrogens is 2. The number of nitrogens with zero attached hydrogens (tertiary/aromatic N) is 2. The summed E-state index contributed by atoms with van der Waals surface area (Å²) >= 11 is 0. The third-order valence-electron chi connectivity index (χ3n) is 3.27. The lowest BCUT2D eigenvalue weighted by molar-refractivity contribution is 0.413. The van der Waals surface area contributed by atoms with E-state index >= 15 is 0 Å². The number of pyridine rings is 2. The molecule has 0 atom stereocenters. The maximum atomic E-state index is 4.54. The first-order valence-corrected chi connectivity index (χ1v) is 6.66. The van der Waals surface area contributed by atoms with E-state index in [1.807, 2.05) is 24.5 Å². The van der Waals surface area contributed by atoms with Crippen molar-refractivity contribution in [2.75, 3.05) is 0 Å². The highest BCUT2D eigenvalue weighted by Gasteiger charge is 2.15. The molecule has 1 aromatic carbocycles. The third-order valence-corrected chi connectivity index (χ3v) is 3.27. The molecule has 0 spiro atoms. The van der Waals surface area contributed by atoms with Crippen LogP contribution in [0.15, 0.2) is 42.7 Å². The maximum Gasteiger partial charge on any atom is 0.0967 e. The Bertz CT molecular complexity index is 739. The van der Waals surface area contributed by atoms with Gasteiger partial charge in [-0.3, -0.25) is 9.97 Å². The van der Waals surface area contributed by atoms with Crippen molar-refractivity contribution in [2.24, 2.45) is 5.41 Å². The molecule has 0 fully saturated rings. The van der Waals surface area contributed by atoms with Gasteiger partial charge in [0.25, 0.3) is 0 Å². The van der Waals surface area contributed by atoms with E-state index < -0.39 is 0 Å². The Morgan fingerprint density at radius 3 is 2.37 bits per heavy atom. The van der Waals surface area contributed by atoms with Crippen LogP contribution < -0.4 is 0 Å². The molecule has 96 valence electrons. The molecule has 2 heteroatoms. The van der Waals surface area contributed by atoms with Gasteiger partial charge in [0.1, 0.15) is 0 Å². The summed E-state index contributed by atoms with van der Waals surface area (Å²) in [6, 6.07) is 10.5. The highest BCUT2D eigenvalue weighted by Crippen LogP contribution is 2.30. The second-order valence-electron chi connectivity index (χ2n) is 6.25. The molecule has 0 aliphatic heterocycles. The largest absolute Gasteiger partial charge is 0.254 e. The molecule has 2 aromatic heterocycles. The van der Waals surface area contributed by atoms with Crippen molar-refractivity contribution in [3.63, 3.8) is 0 Å². The van der Waals surface area contributed by atoms with E-state index in [0.717, 1.165) is 17.5 Å². The Balaban J connectivity index is 2.36. The summed E-state index contributed by atoms with van der Waals surface area (Å²) in [7, 11) is 0. The zero-order valence-corrected chi connectivity index (χ0v) is 11.6. The number of hydrogen-bond donors (Lipinski definition) is 0. The van der Waals surface area contributed by atoms with Gasteiger partial charge in [0, 0.05) is 23.2 Å². The van der Waals surface area contributed by atoms with E-state index in [0.29, 0.717) is 0 Å². The SMILES string of the molecule is CC(C)(C)Cc1cc2cccnc2c2ncccc12. The van der Waals surface area contributed by atoms with Crippen LogP contribution in [0.2, 0.25) is 0 Å². The zero-order chi connectivity index (χ0) is 13.5. The summed E-state index contributed by atoms with van der Waals surface area (Å²) < 4.78 is 0. The molecule has 2 heterocycles. The molecule has 0 N–H and O–H groups in total. The minimum absolute atomic E-state index is 0.263. The van der Waals surface area contributed by atoms with Gasteiger partial charge in [-0.15, -0.1) is 0 Å². The molecule has 3 aromatic rings. The van der Waals surface area contributed by atoms with Crippen molar-refractivity contribution >= 4 is 21.8 Å². The fraction of sp³-hybridized carbons (Fsp3) is 0.294. The minimum Gasteiger partial charge on any atom is -0.254 e. The maximum absolute atomic E-state index is 4.54. The van der Waals surface area contributed by atoms with Gasteiger partial charge in [-0.2, -0.15) is 0 Å². The first-order chi connectivity index (χ1) is 9.04. The van der Waals surface area contributed by atoms with Crippen LogP contribution in [-0.4, -0.2) is 9.97 Å². The summed E-state index contributed by atoms with van der Waals surface area (Å²) in [6.07, 6.45) is 4.72. The molecule has 2 nitrogen and oxygen atoms in total. The van der Waals surface area contributed by atoms with Crippen LogP contribution in [0.25, 0.3) is 21.8 Å². The van der Waals surface area contributed by atoms with Crippen LogP contribution in [0.5, 0.6) is 0 Å². The Kier molecular flexibility index (Phi) is 2.74. The lowest BCUT2D eigenvalue weighted by Crippen LogP contribution is -2.09. The van der Waals surface area contributed by atoms with Crippen molar-refractivity contribution in [1.29, 1.82) is 0 Å². The number of benzene rings is 1. The van der Waals surface area contributed by atoms with E-state index in [1.54, 1.807) is 0 Å². The molecule has 0 unspecified atom stereocenters. The molecule has 0 saturated heterocycles. The second-order valence-corrected chi connectivity index (χ2v) is 6.25. The van der Waals surface area contributed by atoms with Crippen LogP contribution in [0.1, 0.15) is 26.3 Å². The zero-order valence-electron chi connectivity index (χ0n) is 11.6. The Morgan fingerprint density at radius 2 is 1.63 bits per heavy atom. The lowest BCUT2D eigenvalue weighted by atomic mass is 9.86. The minimum atomic E-state index is 0.263. The molecular formula is C17H18N2. The van der Waals surface area contributed by atoms with E-state index in [9.17, 15) is 0 Å². The van der Waals surface area contributed by atoms with Gasteiger partial charge in [0.2, 0.25) is 0 Å². The standard InChI is InChI=1S/C17H18N2/c1-17(2,3)11-13-10-12-6-4-8-18-15(12)16-14(13)7-5-9-19-16/h4-10H,11H2,1-3H3. The van der Waals surface area contributed by atoms with Crippen molar-refractivity contribution in [3.05, 3.63) is 48.3 Å². The van der Waals surface area contributed by atoms with Crippen LogP contribution in [0, 0.1) is 5.41 Å². The molecule has 0 aliphatic carbocycles. The smallest absolute Gasteiger partial charge is 0.0967 e. The van der Waals surface area contributed by atoms with Crippen molar-refractivity contribution < 1.29 is 0 Å². The lowest BCUT2D eigenvalue weighted by Gasteiger charge is -2.20. The first kappa shape index (κ1) is 12.1. The molecular weight excluding hydrogens is 232 g/mol. The van der Waals surface area contributed by atoms with E-state index in [1.165, 1.54) is 16.3 Å². The summed E-state index contributed by atoms with van der Waals surface area (Å²) in [4.78, 5) is 9.02. The van der Waals surface area contributed by atoms with Crippen LogP contribution in [0.4, 0.5) is 0 Å². The molecule has 0 aliphatic rings. The average molecular weight is 250 g/mol. The average Bonchev–Trinajstić information content (AvgIpc) is 2.37. The predicted octanol–water partition coefficient (Wildman–Crippen LogP) is 4.37. The van der Waals surface area contributed by atoms with Crippen LogP contribution >= 0.6 is 0 Å². The number of fused-ring (bicyclic) bond motifs is 3. The van der Waals surface area contributed by atoms with Gasteiger partial charge >= 0.3 is 0 Å². The summed E-state index contributed by atoms with van der Waals surface area (Å²) in [6.45, 7) is 6.80. The summed E-state index contributed by atoms with van der Waals surface area (Å²) in [5.41, 5.74) is 3.63. The van der Waals surface area contributed by atoms with E-state index in [2.05, 4.69) is 48.9 Å². The van der Waals surface area contributed by atoms with Crippen LogP contribution in [0.3, 0.4) is 0 Å². The van der Waals surface area contributed by atoms with Gasteiger partial charge < -0.3 is 0 Å². The molecule has 3 rings (SSSR count). The Hall–Kier alpha value is -1.96. The van der Waals surface area contributed by atoms with Gasteiger partial charge in [0.05, 0.1) is 11.0 Å². The first-order valence-electron chi connectivity index (χ1n) is 6.66. The quantitative estimate of drug-likeness (QED) is 0.599.